The Bertz CT molecular complexity index is 1010. The Morgan fingerprint density at radius 1 is 1.03 bits per heavy atom. The summed E-state index contributed by atoms with van der Waals surface area (Å²) in [4.78, 5) is 7.98. The molecule has 0 radical (unpaired) electrons. The second-order valence-electron chi connectivity index (χ2n) is 7.76. The van der Waals surface area contributed by atoms with Crippen molar-refractivity contribution in [1.82, 2.24) is 4.90 Å². The molecular formula is C25H27N3S. The molecule has 0 bridgehead atoms. The summed E-state index contributed by atoms with van der Waals surface area (Å²) in [6, 6.07) is 25.5. The number of nitrogens with zero attached hydrogens (tertiary/aromatic N) is 2. The van der Waals surface area contributed by atoms with Gasteiger partial charge in [0.25, 0.3) is 0 Å². The van der Waals surface area contributed by atoms with Gasteiger partial charge in [0.05, 0.1) is 5.69 Å². The third-order valence-corrected chi connectivity index (χ3v) is 6.11. The smallest absolute Gasteiger partial charge is 0.132 e. The van der Waals surface area contributed by atoms with Crippen molar-refractivity contribution < 1.29 is 0 Å². The molecule has 0 amide bonds. The monoisotopic (exact) mass is 401 g/mol. The van der Waals surface area contributed by atoms with Crippen LogP contribution in [0.5, 0.6) is 0 Å². The van der Waals surface area contributed by atoms with Gasteiger partial charge in [-0.3, -0.25) is 4.90 Å². The normalized spacial score (nSPS) is 16.7. The molecule has 1 atom stereocenters. The predicted molar refractivity (Wildman–Crippen MR) is 124 cm³/mol. The van der Waals surface area contributed by atoms with E-state index in [0.717, 1.165) is 35.5 Å². The molecule has 2 N–H and O–H groups in total. The van der Waals surface area contributed by atoms with Gasteiger partial charge in [-0.1, -0.05) is 54.6 Å². The molecule has 4 rings (SSSR count). The molecule has 1 unspecified atom stereocenters. The number of nitrogens with two attached hydrogens (primary N) is 1. The summed E-state index contributed by atoms with van der Waals surface area (Å²) in [5.74, 6) is 0.504. The van der Waals surface area contributed by atoms with Gasteiger partial charge in [-0.15, -0.1) is 12.6 Å². The van der Waals surface area contributed by atoms with Gasteiger partial charge in [0.1, 0.15) is 5.84 Å². The Morgan fingerprint density at radius 3 is 2.59 bits per heavy atom. The van der Waals surface area contributed by atoms with Gasteiger partial charge in [-0.2, -0.15) is 0 Å². The summed E-state index contributed by atoms with van der Waals surface area (Å²) < 4.78 is 0. The maximum Gasteiger partial charge on any atom is 0.132 e. The molecule has 0 fully saturated rings. The lowest BCUT2D eigenvalue weighted by Crippen LogP contribution is -2.36. The zero-order chi connectivity index (χ0) is 20.2. The van der Waals surface area contributed by atoms with Gasteiger partial charge in [0, 0.05) is 23.0 Å². The Labute approximate surface area is 178 Å². The van der Waals surface area contributed by atoms with Crippen molar-refractivity contribution in [3.63, 3.8) is 0 Å². The lowest BCUT2D eigenvalue weighted by Gasteiger charge is -2.32. The van der Waals surface area contributed by atoms with E-state index in [-0.39, 0.29) is 0 Å². The highest BCUT2D eigenvalue weighted by Crippen LogP contribution is 2.29. The van der Waals surface area contributed by atoms with Crippen LogP contribution in [0.3, 0.4) is 0 Å². The van der Waals surface area contributed by atoms with Crippen molar-refractivity contribution in [1.29, 1.82) is 0 Å². The summed E-state index contributed by atoms with van der Waals surface area (Å²) >= 11 is 4.49. The number of amidine groups is 1. The number of hydrogen-bond acceptors (Lipinski definition) is 3. The topological polar surface area (TPSA) is 41.6 Å². The average molecular weight is 402 g/mol. The molecule has 0 aromatic heterocycles. The lowest BCUT2D eigenvalue weighted by atomic mass is 9.87. The first-order chi connectivity index (χ1) is 14.1. The van der Waals surface area contributed by atoms with Gasteiger partial charge < -0.3 is 5.73 Å². The lowest BCUT2D eigenvalue weighted by molar-refractivity contribution is 0.214. The molecule has 3 nitrogen and oxygen atoms in total. The van der Waals surface area contributed by atoms with Crippen LogP contribution in [0.15, 0.2) is 82.7 Å². The van der Waals surface area contributed by atoms with Crippen LogP contribution >= 0.6 is 12.6 Å². The van der Waals surface area contributed by atoms with E-state index in [0.29, 0.717) is 11.9 Å². The van der Waals surface area contributed by atoms with Gasteiger partial charge in [0.15, 0.2) is 0 Å². The molecular weight excluding hydrogens is 374 g/mol. The Morgan fingerprint density at radius 2 is 1.79 bits per heavy atom. The molecule has 0 aliphatic heterocycles. The molecule has 4 heteroatoms. The molecule has 3 aromatic carbocycles. The molecule has 0 heterocycles. The Hall–Kier alpha value is -2.56. The third kappa shape index (κ3) is 4.72. The van der Waals surface area contributed by atoms with E-state index >= 15 is 0 Å². The molecule has 0 saturated heterocycles. The minimum atomic E-state index is 0.504. The zero-order valence-corrected chi connectivity index (χ0v) is 17.6. The molecule has 148 valence electrons. The van der Waals surface area contributed by atoms with Gasteiger partial charge in [0.2, 0.25) is 0 Å². The summed E-state index contributed by atoms with van der Waals surface area (Å²) in [5, 5.41) is 0. The highest BCUT2D eigenvalue weighted by atomic mass is 32.1. The Kier molecular flexibility index (Phi) is 6.02. The third-order valence-electron chi connectivity index (χ3n) is 5.72. The Balaban J connectivity index is 1.51. The second kappa shape index (κ2) is 8.85. The van der Waals surface area contributed by atoms with Crippen LogP contribution in [0.2, 0.25) is 0 Å². The van der Waals surface area contributed by atoms with E-state index in [1.54, 1.807) is 0 Å². The van der Waals surface area contributed by atoms with Crippen molar-refractivity contribution in [3.8, 4) is 0 Å². The van der Waals surface area contributed by atoms with E-state index in [2.05, 4.69) is 78.1 Å². The number of aliphatic imine (C=N–C) groups is 1. The molecule has 0 saturated carbocycles. The summed E-state index contributed by atoms with van der Waals surface area (Å²) in [6.45, 7) is 0.977. The number of rotatable bonds is 5. The van der Waals surface area contributed by atoms with Crippen LogP contribution < -0.4 is 5.73 Å². The average Bonchev–Trinajstić information content (AvgIpc) is 2.74. The van der Waals surface area contributed by atoms with Crippen LogP contribution in [0.1, 0.15) is 28.7 Å². The molecule has 1 aliphatic rings. The number of benzene rings is 3. The maximum atomic E-state index is 6.26. The van der Waals surface area contributed by atoms with Crippen LogP contribution in [-0.4, -0.2) is 23.8 Å². The fraction of sp³-hybridized carbons (Fsp3) is 0.240. The van der Waals surface area contributed by atoms with E-state index in [9.17, 15) is 0 Å². The van der Waals surface area contributed by atoms with Crippen LogP contribution in [0, 0.1) is 0 Å². The van der Waals surface area contributed by atoms with Crippen molar-refractivity contribution in [3.05, 3.63) is 95.1 Å². The second-order valence-corrected chi connectivity index (χ2v) is 8.25. The minimum absolute atomic E-state index is 0.504. The van der Waals surface area contributed by atoms with Crippen molar-refractivity contribution in [2.75, 3.05) is 7.05 Å². The van der Waals surface area contributed by atoms with Gasteiger partial charge >= 0.3 is 0 Å². The van der Waals surface area contributed by atoms with E-state index in [4.69, 9.17) is 5.73 Å². The molecule has 3 aromatic rings. The largest absolute Gasteiger partial charge is 0.383 e. The highest BCUT2D eigenvalue weighted by molar-refractivity contribution is 7.80. The number of aryl methyl sites for hydroxylation is 1. The zero-order valence-electron chi connectivity index (χ0n) is 16.8. The number of hydrogen-bond donors (Lipinski definition) is 2. The van der Waals surface area contributed by atoms with E-state index in [1.165, 1.54) is 23.1 Å². The first kappa shape index (κ1) is 19.7. The molecule has 0 spiro atoms. The maximum absolute atomic E-state index is 6.26. The quantitative estimate of drug-likeness (QED) is 0.359. The first-order valence-electron chi connectivity index (χ1n) is 10.1. The summed E-state index contributed by atoms with van der Waals surface area (Å²) in [6.07, 6.45) is 3.34. The fourth-order valence-corrected chi connectivity index (χ4v) is 4.34. The van der Waals surface area contributed by atoms with Crippen molar-refractivity contribution >= 4 is 24.2 Å². The fourth-order valence-electron chi connectivity index (χ4n) is 4.06. The summed E-state index contributed by atoms with van der Waals surface area (Å²) in [5.41, 5.74) is 12.2. The SMILES string of the molecule is CN(Cc1ccccc1)C1CCc2ccc(N=C(N)c3ccccc3S)cc2C1. The van der Waals surface area contributed by atoms with Crippen LogP contribution in [-0.2, 0) is 19.4 Å². The number of likely N-dealkylation sites (N-methyl/N-ethyl adjacent to an activating group) is 1. The van der Waals surface area contributed by atoms with Crippen LogP contribution in [0.25, 0.3) is 0 Å². The van der Waals surface area contributed by atoms with Gasteiger partial charge in [-0.25, -0.2) is 4.99 Å². The molecule has 1 aliphatic carbocycles. The number of thiol groups is 1. The first-order valence-corrected chi connectivity index (χ1v) is 10.5. The molecule has 29 heavy (non-hydrogen) atoms. The van der Waals surface area contributed by atoms with E-state index in [1.807, 2.05) is 24.3 Å². The van der Waals surface area contributed by atoms with Gasteiger partial charge in [-0.05, 0) is 61.2 Å². The highest BCUT2D eigenvalue weighted by Gasteiger charge is 2.22. The standard InChI is InChI=1S/C25H27N3S/c1-28(17-18-7-3-2-4-8-18)22-14-12-19-11-13-21(15-20(19)16-22)27-25(26)23-9-5-6-10-24(23)29/h2-11,13,15,22,29H,12,14,16-17H2,1H3,(H2,26,27). The van der Waals surface area contributed by atoms with Crippen molar-refractivity contribution in [2.24, 2.45) is 10.7 Å². The number of fused-ring (bicyclic) bond motifs is 1. The van der Waals surface area contributed by atoms with Crippen LogP contribution in [0.4, 0.5) is 5.69 Å². The predicted octanol–water partition coefficient (Wildman–Crippen LogP) is 5.00. The van der Waals surface area contributed by atoms with E-state index < -0.39 is 0 Å². The minimum Gasteiger partial charge on any atom is -0.383 e. The summed E-state index contributed by atoms with van der Waals surface area (Å²) in [7, 11) is 2.23. The van der Waals surface area contributed by atoms with Crippen molar-refractivity contribution in [2.45, 2.75) is 36.7 Å².